The first-order valence-electron chi connectivity index (χ1n) is 30.6. The molecular weight excluding hydrogens is 1190 g/mol. The van der Waals surface area contributed by atoms with Crippen LogP contribution in [-0.4, -0.2) is 243 Å². The Balaban J connectivity index is 0.000000145. The van der Waals surface area contributed by atoms with E-state index >= 15 is 0 Å². The van der Waals surface area contributed by atoms with Gasteiger partial charge in [0.2, 0.25) is 0 Å². The second kappa shape index (κ2) is 29.0. The van der Waals surface area contributed by atoms with Gasteiger partial charge in [-0.25, -0.2) is 19.2 Å². The molecule has 0 aromatic heterocycles. The lowest BCUT2D eigenvalue weighted by molar-refractivity contribution is -0.212. The number of aliphatic hydroxyl groups is 4. The van der Waals surface area contributed by atoms with Gasteiger partial charge in [-0.2, -0.15) is 0 Å². The van der Waals surface area contributed by atoms with Crippen LogP contribution in [0.5, 0.6) is 0 Å². The average molecular weight is 1280 g/mol. The predicted octanol–water partition coefficient (Wildman–Crippen LogP) is 4.19. The Bertz CT molecular complexity index is 2950. The van der Waals surface area contributed by atoms with E-state index in [1.807, 2.05) is 112 Å². The summed E-state index contributed by atoms with van der Waals surface area (Å²) in [6, 6.07) is 26.8. The number of fused-ring (bicyclic) bond motifs is 6. The maximum Gasteiger partial charge on any atom is 0.410 e. The van der Waals surface area contributed by atoms with Gasteiger partial charge in [-0.05, 0) is 72.1 Å². The Hall–Kier alpha value is -6.76. The van der Waals surface area contributed by atoms with Gasteiger partial charge in [0, 0.05) is 13.8 Å². The number of carbonyl (C=O) groups excluding carboxylic acids is 6. The summed E-state index contributed by atoms with van der Waals surface area (Å²) in [7, 11) is 0. The maximum atomic E-state index is 12.7. The molecule has 0 radical (unpaired) electrons. The highest BCUT2D eigenvalue weighted by molar-refractivity contribution is 5.72. The molecule has 12 rings (SSSR count). The van der Waals surface area contributed by atoms with Crippen LogP contribution in [0.15, 0.2) is 91.0 Å². The lowest BCUT2D eigenvalue weighted by atomic mass is 10.1. The van der Waals surface area contributed by atoms with Crippen molar-refractivity contribution in [2.75, 3.05) is 46.0 Å². The lowest BCUT2D eigenvalue weighted by Crippen LogP contribution is -2.47. The number of aliphatic hydroxyl groups excluding tert-OH is 4. The van der Waals surface area contributed by atoms with Crippen LogP contribution in [0.1, 0.15) is 85.9 Å². The third kappa shape index (κ3) is 17.1. The molecule has 0 saturated carbocycles. The molecule has 9 heterocycles. The van der Waals surface area contributed by atoms with Crippen molar-refractivity contribution in [2.24, 2.45) is 0 Å². The van der Waals surface area contributed by atoms with Crippen molar-refractivity contribution >= 4 is 36.3 Å². The van der Waals surface area contributed by atoms with Crippen molar-refractivity contribution in [1.29, 1.82) is 0 Å². The van der Waals surface area contributed by atoms with Crippen molar-refractivity contribution in [3.05, 3.63) is 108 Å². The number of nitrogens with zero attached hydrogens (tertiary/aromatic N) is 4. The van der Waals surface area contributed by atoms with Crippen LogP contribution in [-0.2, 0) is 91.0 Å². The van der Waals surface area contributed by atoms with Gasteiger partial charge in [0.1, 0.15) is 104 Å². The van der Waals surface area contributed by atoms with Crippen LogP contribution in [0, 0.1) is 0 Å². The van der Waals surface area contributed by atoms with Crippen molar-refractivity contribution in [3.63, 3.8) is 0 Å². The van der Waals surface area contributed by atoms with Gasteiger partial charge in [-0.1, -0.05) is 91.0 Å². The Morgan fingerprint density at radius 1 is 0.462 bits per heavy atom. The standard InChI is InChI=1S/C20H27NO6.C17H21NO6.C14H17NO5.C13H21NO6/c1-13(22)26-16-12-25-18-15(24-11-14-8-6-5-7-9-14)10-21(17(16)18)19(23)27-20(2,3)4;1-17(2)23-14-12-13(22-15(14)24-17)11(19)8-18(12)16(20)21-9-10-6-4-3-5-7-10;16-10-6-15(12-11(17)8-19-13(10)12)14(18)20-7-9-4-2-1-3-5-9;1-7(15)19-9-6-18-11-8(16)5-14(10(9)11)12(17)20-13(2,3)4/h5-9,15-18H,10-12H2,1-4H3;3-7,11-15,19H,8-9H2,1-2H3;1-5,10-13,16-17H,6-8H2;8-11,16H,5-6H2,1-4H3/t15-,16+,17-,18-;11-,12+,13-,14-,15-;10-,11+,12-,13-;8-,9+,10-,11-/m1111/s1. The summed E-state index contributed by atoms with van der Waals surface area (Å²) in [5, 5.41) is 39.8. The molecule has 27 heteroatoms. The lowest BCUT2D eigenvalue weighted by Gasteiger charge is -2.29. The number of rotatable bonds is 9. The number of benzene rings is 3. The van der Waals surface area contributed by atoms with E-state index in [1.165, 1.54) is 28.5 Å². The minimum absolute atomic E-state index is 0.113. The summed E-state index contributed by atoms with van der Waals surface area (Å²) in [5.41, 5.74) is 1.59. The van der Waals surface area contributed by atoms with Crippen LogP contribution < -0.4 is 0 Å². The summed E-state index contributed by atoms with van der Waals surface area (Å²) in [6.07, 6.45) is -9.47. The van der Waals surface area contributed by atoms with E-state index in [0.717, 1.165) is 16.7 Å². The first-order chi connectivity index (χ1) is 43.0. The number of ether oxygens (including phenoxy) is 13. The summed E-state index contributed by atoms with van der Waals surface area (Å²) in [6.45, 7) is 19.0. The second-order valence-electron chi connectivity index (χ2n) is 26.0. The molecule has 17 atom stereocenters. The molecule has 0 spiro atoms. The van der Waals surface area contributed by atoms with E-state index in [-0.39, 0.29) is 64.9 Å². The maximum absolute atomic E-state index is 12.7. The highest BCUT2D eigenvalue weighted by Gasteiger charge is 2.63. The Labute approximate surface area is 528 Å². The number of carbonyl (C=O) groups is 6. The van der Waals surface area contributed by atoms with Crippen LogP contribution in [0.25, 0.3) is 0 Å². The van der Waals surface area contributed by atoms with Gasteiger partial charge in [0.15, 0.2) is 12.1 Å². The molecule has 0 aliphatic carbocycles. The van der Waals surface area contributed by atoms with Crippen LogP contribution in [0.4, 0.5) is 19.2 Å². The number of amides is 4. The number of hydrogen-bond donors (Lipinski definition) is 4. The number of β-amino-alcohol motifs (C(OH)–C–C–N with tert-alkyl or cyclic N) is 3. The zero-order valence-corrected chi connectivity index (χ0v) is 52.9. The summed E-state index contributed by atoms with van der Waals surface area (Å²) in [4.78, 5) is 77.8. The Morgan fingerprint density at radius 2 is 0.857 bits per heavy atom. The Kier molecular flexibility index (Phi) is 21.9. The van der Waals surface area contributed by atoms with Gasteiger partial charge in [-0.15, -0.1) is 0 Å². The monoisotopic (exact) mass is 1280 g/mol. The normalized spacial score (nSPS) is 32.0. The van der Waals surface area contributed by atoms with E-state index < -0.39 is 145 Å². The van der Waals surface area contributed by atoms with Gasteiger partial charge in [0.05, 0.1) is 70.8 Å². The summed E-state index contributed by atoms with van der Waals surface area (Å²) >= 11 is 0. The molecule has 3 aromatic rings. The average Bonchev–Trinajstić information content (AvgIpc) is 1.60. The minimum Gasteiger partial charge on any atom is -0.458 e. The third-order valence-corrected chi connectivity index (χ3v) is 16.1. The Morgan fingerprint density at radius 3 is 1.33 bits per heavy atom. The predicted molar refractivity (Wildman–Crippen MR) is 316 cm³/mol. The molecule has 9 aliphatic rings. The fraction of sp³-hybridized carbons (Fsp3) is 0.625. The largest absolute Gasteiger partial charge is 0.458 e. The molecule has 0 unspecified atom stereocenters. The first-order valence-corrected chi connectivity index (χ1v) is 30.6. The molecule has 500 valence electrons. The molecule has 4 N–H and O–H groups in total. The van der Waals surface area contributed by atoms with Crippen molar-refractivity contribution in [1.82, 2.24) is 19.6 Å². The first kappa shape index (κ1) is 68.6. The van der Waals surface area contributed by atoms with Crippen LogP contribution in [0.2, 0.25) is 0 Å². The number of esters is 2. The highest BCUT2D eigenvalue weighted by atomic mass is 16.8. The fourth-order valence-corrected chi connectivity index (χ4v) is 12.5. The zero-order chi connectivity index (χ0) is 65.7. The quantitative estimate of drug-likeness (QED) is 0.172. The van der Waals surface area contributed by atoms with Gasteiger partial charge in [0.25, 0.3) is 0 Å². The molecular formula is C64H86N4O23. The fourth-order valence-electron chi connectivity index (χ4n) is 12.5. The second-order valence-corrected chi connectivity index (χ2v) is 26.0. The van der Waals surface area contributed by atoms with Crippen LogP contribution >= 0.6 is 0 Å². The van der Waals surface area contributed by atoms with E-state index in [2.05, 4.69) is 0 Å². The van der Waals surface area contributed by atoms with Crippen LogP contribution in [0.3, 0.4) is 0 Å². The molecule has 9 saturated heterocycles. The number of likely N-dealkylation sites (tertiary alicyclic amines) is 4. The van der Waals surface area contributed by atoms with E-state index in [4.69, 9.17) is 61.6 Å². The molecule has 91 heavy (non-hydrogen) atoms. The SMILES string of the molecule is CC(=O)O[C@H]1CO[C@H]2[C@@H]1N(C(=O)OC(C)(C)C)C[C@H]2O.CC(=O)O[C@H]1CO[C@H]2[C@@H]1N(C(=O)OC(C)(C)C)C[C@H]2OCc1ccccc1.CC1(C)O[C@H]2O[C@H]3[C@@H]([C@H]2O1)N(C(=O)OCc1ccccc1)C[C@H]3O.O=C(OCc1ccccc1)N1C[C@@H](O)[C@H]2OC[C@H](O)[C@H]21. The molecule has 0 bridgehead atoms. The van der Waals surface area contributed by atoms with E-state index in [0.29, 0.717) is 13.2 Å². The zero-order valence-electron chi connectivity index (χ0n) is 52.9. The van der Waals surface area contributed by atoms with E-state index in [9.17, 15) is 49.2 Å². The van der Waals surface area contributed by atoms with Gasteiger partial charge in [-0.3, -0.25) is 29.2 Å². The molecule has 9 aliphatic heterocycles. The molecule has 3 aromatic carbocycles. The third-order valence-electron chi connectivity index (χ3n) is 16.1. The van der Waals surface area contributed by atoms with Gasteiger partial charge >= 0.3 is 36.3 Å². The summed E-state index contributed by atoms with van der Waals surface area (Å²) < 4.78 is 71.9. The number of hydrogen-bond acceptors (Lipinski definition) is 23. The van der Waals surface area contributed by atoms with Crippen molar-refractivity contribution in [3.8, 4) is 0 Å². The van der Waals surface area contributed by atoms with Crippen molar-refractivity contribution < 1.29 is 111 Å². The summed E-state index contributed by atoms with van der Waals surface area (Å²) in [5.74, 6) is -1.61. The minimum atomic E-state index is -0.798. The molecule has 4 amide bonds. The molecule has 27 nitrogen and oxygen atoms in total. The van der Waals surface area contributed by atoms with Gasteiger partial charge < -0.3 is 82.0 Å². The smallest absolute Gasteiger partial charge is 0.410 e. The highest BCUT2D eigenvalue weighted by Crippen LogP contribution is 2.44. The van der Waals surface area contributed by atoms with Crippen molar-refractivity contribution in [2.45, 2.75) is 210 Å². The van der Waals surface area contributed by atoms with E-state index in [1.54, 1.807) is 39.5 Å². The topological polar surface area (TPSA) is 316 Å². The molecule has 9 fully saturated rings.